The molecule has 0 aliphatic carbocycles. The SMILES string of the molecule is CC(=O)Oc1ccccc1C(=O)c1ccccc1Br. The third-order valence-electron chi connectivity index (χ3n) is 2.50. The molecule has 4 heteroatoms. The molecule has 0 saturated carbocycles. The molecule has 0 spiro atoms. The number of halogens is 1. The third-order valence-corrected chi connectivity index (χ3v) is 3.20. The summed E-state index contributed by atoms with van der Waals surface area (Å²) in [6.07, 6.45) is 0. The first-order chi connectivity index (χ1) is 9.09. The lowest BCUT2D eigenvalue weighted by Gasteiger charge is -2.08. The zero-order chi connectivity index (χ0) is 13.8. The van der Waals surface area contributed by atoms with Crippen molar-refractivity contribution in [2.45, 2.75) is 6.92 Å². The molecule has 0 fully saturated rings. The molecule has 2 aromatic carbocycles. The van der Waals surface area contributed by atoms with Crippen molar-refractivity contribution in [2.24, 2.45) is 0 Å². The van der Waals surface area contributed by atoms with Crippen LogP contribution in [0.4, 0.5) is 0 Å². The highest BCUT2D eigenvalue weighted by atomic mass is 79.9. The van der Waals surface area contributed by atoms with E-state index >= 15 is 0 Å². The summed E-state index contributed by atoms with van der Waals surface area (Å²) in [6.45, 7) is 1.31. The van der Waals surface area contributed by atoms with E-state index in [1.807, 2.05) is 6.07 Å². The van der Waals surface area contributed by atoms with Crippen molar-refractivity contribution in [3.05, 3.63) is 64.1 Å². The molecule has 0 aromatic heterocycles. The highest BCUT2D eigenvalue weighted by Crippen LogP contribution is 2.25. The van der Waals surface area contributed by atoms with Crippen LogP contribution in [0.1, 0.15) is 22.8 Å². The molecule has 0 aliphatic heterocycles. The van der Waals surface area contributed by atoms with Gasteiger partial charge in [0.1, 0.15) is 5.75 Å². The van der Waals surface area contributed by atoms with Gasteiger partial charge in [-0.2, -0.15) is 0 Å². The Hall–Kier alpha value is -1.94. The molecule has 0 amide bonds. The minimum absolute atomic E-state index is 0.190. The molecule has 0 atom stereocenters. The summed E-state index contributed by atoms with van der Waals surface area (Å²) in [5.41, 5.74) is 0.895. The summed E-state index contributed by atoms with van der Waals surface area (Å²) in [5, 5.41) is 0. The largest absolute Gasteiger partial charge is 0.426 e. The number of carbonyl (C=O) groups excluding carboxylic acids is 2. The lowest BCUT2D eigenvalue weighted by Crippen LogP contribution is -2.09. The molecule has 0 bridgehead atoms. The zero-order valence-electron chi connectivity index (χ0n) is 10.2. The normalized spacial score (nSPS) is 10.0. The van der Waals surface area contributed by atoms with Crippen LogP contribution >= 0.6 is 15.9 Å². The molecule has 96 valence electrons. The van der Waals surface area contributed by atoms with Crippen LogP contribution in [0.15, 0.2) is 53.0 Å². The Bertz CT molecular complexity index is 635. The second kappa shape index (κ2) is 5.80. The van der Waals surface area contributed by atoms with Gasteiger partial charge in [0, 0.05) is 17.0 Å². The molecule has 0 aliphatic rings. The first-order valence-corrected chi connectivity index (χ1v) is 6.45. The number of hydrogen-bond donors (Lipinski definition) is 0. The van der Waals surface area contributed by atoms with E-state index in [0.717, 1.165) is 0 Å². The summed E-state index contributed by atoms with van der Waals surface area (Å²) in [6, 6.07) is 13.8. The van der Waals surface area contributed by atoms with Crippen LogP contribution in [-0.4, -0.2) is 11.8 Å². The van der Waals surface area contributed by atoms with Gasteiger partial charge in [0.05, 0.1) is 5.56 Å². The number of para-hydroxylation sites is 1. The van der Waals surface area contributed by atoms with Gasteiger partial charge in [0.25, 0.3) is 0 Å². The molecular formula is C15H11BrO3. The van der Waals surface area contributed by atoms with Crippen LogP contribution in [0.2, 0.25) is 0 Å². The van der Waals surface area contributed by atoms with Crippen LogP contribution in [0.25, 0.3) is 0 Å². The first-order valence-electron chi connectivity index (χ1n) is 5.66. The van der Waals surface area contributed by atoms with Crippen LogP contribution in [-0.2, 0) is 4.79 Å². The van der Waals surface area contributed by atoms with Crippen molar-refractivity contribution < 1.29 is 14.3 Å². The predicted molar refractivity (Wildman–Crippen MR) is 75.3 cm³/mol. The van der Waals surface area contributed by atoms with Gasteiger partial charge in [-0.15, -0.1) is 0 Å². The molecule has 0 saturated heterocycles. The Balaban J connectivity index is 2.45. The Morgan fingerprint density at radius 1 is 0.947 bits per heavy atom. The highest BCUT2D eigenvalue weighted by Gasteiger charge is 2.17. The molecule has 0 N–H and O–H groups in total. The van der Waals surface area contributed by atoms with Crippen LogP contribution in [0.3, 0.4) is 0 Å². The predicted octanol–water partition coefficient (Wildman–Crippen LogP) is 3.61. The van der Waals surface area contributed by atoms with Crippen molar-refractivity contribution in [1.82, 2.24) is 0 Å². The number of hydrogen-bond acceptors (Lipinski definition) is 3. The molecule has 2 aromatic rings. The minimum Gasteiger partial charge on any atom is -0.426 e. The van der Waals surface area contributed by atoms with Gasteiger partial charge >= 0.3 is 5.97 Å². The Morgan fingerprint density at radius 2 is 1.53 bits per heavy atom. The summed E-state index contributed by atoms with van der Waals surface area (Å²) in [5.74, 6) is -0.368. The Morgan fingerprint density at radius 3 is 2.16 bits per heavy atom. The number of benzene rings is 2. The average molecular weight is 319 g/mol. The van der Waals surface area contributed by atoms with Crippen LogP contribution < -0.4 is 4.74 Å². The smallest absolute Gasteiger partial charge is 0.308 e. The van der Waals surface area contributed by atoms with Gasteiger partial charge in [-0.3, -0.25) is 9.59 Å². The number of rotatable bonds is 3. The fourth-order valence-electron chi connectivity index (χ4n) is 1.69. The summed E-state index contributed by atoms with van der Waals surface area (Å²) < 4.78 is 5.76. The van der Waals surface area contributed by atoms with E-state index in [2.05, 4.69) is 15.9 Å². The van der Waals surface area contributed by atoms with Crippen LogP contribution in [0.5, 0.6) is 5.75 Å². The molecule has 3 nitrogen and oxygen atoms in total. The molecular weight excluding hydrogens is 308 g/mol. The van der Waals surface area contributed by atoms with Crippen molar-refractivity contribution in [1.29, 1.82) is 0 Å². The first kappa shape index (κ1) is 13.5. The maximum absolute atomic E-state index is 12.4. The standard InChI is InChI=1S/C15H11BrO3/c1-10(17)19-14-9-5-3-7-12(14)15(18)11-6-2-4-8-13(11)16/h2-9H,1H3. The fraction of sp³-hybridized carbons (Fsp3) is 0.0667. The van der Waals surface area contributed by atoms with E-state index in [-0.39, 0.29) is 11.5 Å². The van der Waals surface area contributed by atoms with Crippen molar-refractivity contribution in [3.8, 4) is 5.75 Å². The molecule has 19 heavy (non-hydrogen) atoms. The Kier molecular flexibility index (Phi) is 4.12. The van der Waals surface area contributed by atoms with Crippen molar-refractivity contribution in [2.75, 3.05) is 0 Å². The van der Waals surface area contributed by atoms with Crippen molar-refractivity contribution in [3.63, 3.8) is 0 Å². The van der Waals surface area contributed by atoms with Gasteiger partial charge in [-0.1, -0.05) is 40.2 Å². The van der Waals surface area contributed by atoms with E-state index in [1.165, 1.54) is 6.92 Å². The fourth-order valence-corrected chi connectivity index (χ4v) is 2.15. The van der Waals surface area contributed by atoms with E-state index in [1.54, 1.807) is 42.5 Å². The average Bonchev–Trinajstić information content (AvgIpc) is 2.38. The quantitative estimate of drug-likeness (QED) is 0.493. The highest BCUT2D eigenvalue weighted by molar-refractivity contribution is 9.10. The van der Waals surface area contributed by atoms with E-state index in [4.69, 9.17) is 4.74 Å². The van der Waals surface area contributed by atoms with Crippen LogP contribution in [0, 0.1) is 0 Å². The second-order valence-electron chi connectivity index (χ2n) is 3.90. The monoisotopic (exact) mass is 318 g/mol. The zero-order valence-corrected chi connectivity index (χ0v) is 11.8. The van der Waals surface area contributed by atoms with Gasteiger partial charge in [-0.25, -0.2) is 0 Å². The number of esters is 1. The molecule has 2 rings (SSSR count). The summed E-state index contributed by atoms with van der Waals surface area (Å²) >= 11 is 3.34. The topological polar surface area (TPSA) is 43.4 Å². The van der Waals surface area contributed by atoms with E-state index in [0.29, 0.717) is 15.6 Å². The van der Waals surface area contributed by atoms with Gasteiger partial charge < -0.3 is 4.74 Å². The van der Waals surface area contributed by atoms with Gasteiger partial charge in [0.2, 0.25) is 0 Å². The summed E-state index contributed by atoms with van der Waals surface area (Å²) in [7, 11) is 0. The lowest BCUT2D eigenvalue weighted by molar-refractivity contribution is -0.131. The number of ether oxygens (including phenoxy) is 1. The number of carbonyl (C=O) groups is 2. The molecule has 0 unspecified atom stereocenters. The molecule has 0 radical (unpaired) electrons. The lowest BCUT2D eigenvalue weighted by atomic mass is 10.0. The van der Waals surface area contributed by atoms with Crippen molar-refractivity contribution >= 4 is 27.7 Å². The molecule has 0 heterocycles. The third kappa shape index (κ3) is 3.09. The van der Waals surface area contributed by atoms with E-state index < -0.39 is 5.97 Å². The van der Waals surface area contributed by atoms with E-state index in [9.17, 15) is 9.59 Å². The van der Waals surface area contributed by atoms with Gasteiger partial charge in [-0.05, 0) is 24.3 Å². The summed E-state index contributed by atoms with van der Waals surface area (Å²) in [4.78, 5) is 23.5. The maximum Gasteiger partial charge on any atom is 0.308 e. The number of ketones is 1. The van der Waals surface area contributed by atoms with Gasteiger partial charge in [0.15, 0.2) is 5.78 Å². The Labute approximate surface area is 119 Å². The minimum atomic E-state index is -0.452. The maximum atomic E-state index is 12.4. The second-order valence-corrected chi connectivity index (χ2v) is 4.75.